The molecule has 0 saturated carbocycles. The highest BCUT2D eigenvalue weighted by Crippen LogP contribution is 2.31. The van der Waals surface area contributed by atoms with E-state index in [0.29, 0.717) is 6.61 Å². The second kappa shape index (κ2) is 7.43. The SMILES string of the molecule is CCOC(=O)C(=C(I)I)C(I)I. The predicted octanol–water partition coefficient (Wildman–Crippen LogP) is 3.83. The zero-order valence-electron chi connectivity index (χ0n) is 6.11. The summed E-state index contributed by atoms with van der Waals surface area (Å²) in [4.78, 5) is 11.3. The summed E-state index contributed by atoms with van der Waals surface area (Å²) >= 11 is 8.65. The van der Waals surface area contributed by atoms with Crippen molar-refractivity contribution in [1.29, 1.82) is 0 Å². The standard InChI is InChI=1S/C6H6I4O2/c1-2-12-6(11)3(4(7)8)5(9)10/h4H,2H2,1H3. The van der Waals surface area contributed by atoms with Crippen molar-refractivity contribution in [2.75, 3.05) is 6.61 Å². The Bertz CT molecular complexity index is 196. The maximum atomic E-state index is 11.3. The van der Waals surface area contributed by atoms with Crippen LogP contribution in [0.1, 0.15) is 6.92 Å². The summed E-state index contributed by atoms with van der Waals surface area (Å²) in [5.41, 5.74) is 0.749. The van der Waals surface area contributed by atoms with Crippen LogP contribution in [-0.2, 0) is 9.53 Å². The largest absolute Gasteiger partial charge is 0.463 e. The van der Waals surface area contributed by atoms with E-state index in [0.717, 1.165) is 7.16 Å². The lowest BCUT2D eigenvalue weighted by atomic mass is 10.4. The molecule has 70 valence electrons. The molecule has 0 unspecified atom stereocenters. The Morgan fingerprint density at radius 1 is 1.42 bits per heavy atom. The molecule has 0 atom stereocenters. The van der Waals surface area contributed by atoms with Gasteiger partial charge >= 0.3 is 5.97 Å². The first kappa shape index (κ1) is 14.1. The number of carbonyl (C=O) groups excluding carboxylic acids is 1. The van der Waals surface area contributed by atoms with Gasteiger partial charge in [0.05, 0.1) is 15.7 Å². The van der Waals surface area contributed by atoms with Crippen LogP contribution in [0, 0.1) is 0 Å². The summed E-state index contributed by atoms with van der Waals surface area (Å²) in [6.45, 7) is 2.24. The highest BCUT2D eigenvalue weighted by molar-refractivity contribution is 14.2. The van der Waals surface area contributed by atoms with E-state index >= 15 is 0 Å². The predicted molar refractivity (Wildman–Crippen MR) is 83.5 cm³/mol. The number of alkyl halides is 2. The summed E-state index contributed by atoms with van der Waals surface area (Å²) in [6, 6.07) is 0. The van der Waals surface area contributed by atoms with Crippen LogP contribution in [-0.4, -0.2) is 14.5 Å². The smallest absolute Gasteiger partial charge is 0.337 e. The van der Waals surface area contributed by atoms with Crippen molar-refractivity contribution in [3.63, 3.8) is 0 Å². The Morgan fingerprint density at radius 3 is 2.17 bits per heavy atom. The molecule has 12 heavy (non-hydrogen) atoms. The molecule has 0 bridgehead atoms. The fraction of sp³-hybridized carbons (Fsp3) is 0.500. The number of hydrogen-bond acceptors (Lipinski definition) is 2. The van der Waals surface area contributed by atoms with Crippen molar-refractivity contribution in [2.45, 2.75) is 8.86 Å². The van der Waals surface area contributed by atoms with Crippen LogP contribution in [0.15, 0.2) is 7.16 Å². The number of rotatable bonds is 3. The van der Waals surface area contributed by atoms with E-state index in [1.54, 1.807) is 0 Å². The van der Waals surface area contributed by atoms with E-state index in [2.05, 4.69) is 90.4 Å². The van der Waals surface area contributed by atoms with Crippen LogP contribution >= 0.6 is 90.4 Å². The Labute approximate surface area is 126 Å². The first-order chi connectivity index (χ1) is 5.50. The van der Waals surface area contributed by atoms with Gasteiger partial charge in [0.25, 0.3) is 0 Å². The third-order valence-corrected chi connectivity index (χ3v) is 3.32. The summed E-state index contributed by atoms with van der Waals surface area (Å²) < 4.78 is 6.05. The molecule has 0 saturated heterocycles. The average Bonchev–Trinajstić information content (AvgIpc) is 1.85. The van der Waals surface area contributed by atoms with Gasteiger partial charge in [-0.15, -0.1) is 0 Å². The fourth-order valence-electron chi connectivity index (χ4n) is 0.458. The molecule has 0 rings (SSSR count). The number of esters is 1. The van der Waals surface area contributed by atoms with Crippen molar-refractivity contribution in [3.05, 3.63) is 7.16 Å². The van der Waals surface area contributed by atoms with Gasteiger partial charge in [-0.3, -0.25) is 0 Å². The first-order valence-electron chi connectivity index (χ1n) is 3.01. The molecule has 0 aromatic carbocycles. The molecule has 0 aliphatic heterocycles. The third-order valence-electron chi connectivity index (χ3n) is 0.917. The molecule has 0 radical (unpaired) electrons. The van der Waals surface area contributed by atoms with Gasteiger partial charge in [-0.05, 0) is 52.1 Å². The molecular formula is C6H6I4O2. The van der Waals surface area contributed by atoms with Crippen molar-refractivity contribution in [2.24, 2.45) is 0 Å². The highest BCUT2D eigenvalue weighted by Gasteiger charge is 2.19. The second-order valence-electron chi connectivity index (χ2n) is 1.70. The van der Waals surface area contributed by atoms with Gasteiger partial charge in [-0.2, -0.15) is 0 Å². The minimum absolute atomic E-state index is 0.169. The monoisotopic (exact) mass is 618 g/mol. The van der Waals surface area contributed by atoms with E-state index < -0.39 is 0 Å². The maximum absolute atomic E-state index is 11.3. The molecule has 0 aliphatic rings. The van der Waals surface area contributed by atoms with Gasteiger partial charge in [0.2, 0.25) is 0 Å². The van der Waals surface area contributed by atoms with E-state index in [-0.39, 0.29) is 7.90 Å². The first-order valence-corrected chi connectivity index (χ1v) is 7.66. The second-order valence-corrected chi connectivity index (χ2v) is 10.8. The molecule has 6 heteroatoms. The molecule has 2 nitrogen and oxygen atoms in total. The molecule has 0 aromatic heterocycles. The van der Waals surface area contributed by atoms with Crippen LogP contribution in [0.25, 0.3) is 0 Å². The van der Waals surface area contributed by atoms with E-state index in [9.17, 15) is 4.79 Å². The van der Waals surface area contributed by atoms with Crippen molar-refractivity contribution < 1.29 is 9.53 Å². The van der Waals surface area contributed by atoms with Gasteiger partial charge in [0.1, 0.15) is 0 Å². The van der Waals surface area contributed by atoms with Crippen molar-refractivity contribution in [1.82, 2.24) is 0 Å². The number of halogens is 4. The number of ether oxygens (including phenoxy) is 1. The Hall–Kier alpha value is 2.13. The average molecular weight is 618 g/mol. The Balaban J connectivity index is 4.55. The quantitative estimate of drug-likeness (QED) is 0.209. The van der Waals surface area contributed by atoms with Gasteiger partial charge < -0.3 is 4.74 Å². The van der Waals surface area contributed by atoms with E-state index in [1.807, 2.05) is 6.92 Å². The molecule has 0 N–H and O–H groups in total. The molecule has 0 heterocycles. The van der Waals surface area contributed by atoms with Crippen molar-refractivity contribution in [3.8, 4) is 0 Å². The van der Waals surface area contributed by atoms with Gasteiger partial charge in [-0.25, -0.2) is 4.79 Å². The minimum Gasteiger partial charge on any atom is -0.463 e. The third kappa shape index (κ3) is 5.12. The summed E-state index contributed by atoms with van der Waals surface area (Å²) in [5.74, 6) is -0.204. The van der Waals surface area contributed by atoms with Gasteiger partial charge in [0, 0.05) is 0 Å². The molecule has 0 aliphatic carbocycles. The summed E-state index contributed by atoms with van der Waals surface area (Å²) in [5, 5.41) is 0. The molecule has 0 spiro atoms. The Kier molecular flexibility index (Phi) is 8.74. The van der Waals surface area contributed by atoms with Crippen LogP contribution in [0.5, 0.6) is 0 Å². The van der Waals surface area contributed by atoms with E-state index in [1.165, 1.54) is 0 Å². The maximum Gasteiger partial charge on any atom is 0.337 e. The number of carbonyl (C=O) groups is 1. The number of hydrogen-bond donors (Lipinski definition) is 0. The summed E-state index contributed by atoms with van der Waals surface area (Å²) in [7, 11) is 0. The molecule has 0 amide bonds. The topological polar surface area (TPSA) is 26.3 Å². The lowest BCUT2D eigenvalue weighted by Gasteiger charge is -2.07. The minimum atomic E-state index is -0.204. The van der Waals surface area contributed by atoms with Crippen LogP contribution in [0.2, 0.25) is 0 Å². The fourth-order valence-corrected chi connectivity index (χ4v) is 5.04. The lowest BCUT2D eigenvalue weighted by Crippen LogP contribution is -2.12. The van der Waals surface area contributed by atoms with Crippen molar-refractivity contribution >= 4 is 96.3 Å². The lowest BCUT2D eigenvalue weighted by molar-refractivity contribution is -0.138. The molecular weight excluding hydrogens is 612 g/mol. The van der Waals surface area contributed by atoms with Crippen LogP contribution in [0.3, 0.4) is 0 Å². The summed E-state index contributed by atoms with van der Waals surface area (Å²) in [6.07, 6.45) is 0. The van der Waals surface area contributed by atoms with Crippen LogP contribution < -0.4 is 0 Å². The zero-order valence-corrected chi connectivity index (χ0v) is 14.7. The Morgan fingerprint density at radius 2 is 1.92 bits per heavy atom. The van der Waals surface area contributed by atoms with Crippen LogP contribution in [0.4, 0.5) is 0 Å². The van der Waals surface area contributed by atoms with Gasteiger partial charge in [0.15, 0.2) is 0 Å². The normalized spacial score (nSPS) is 9.83. The molecule has 0 aromatic rings. The molecule has 0 fully saturated rings. The highest BCUT2D eigenvalue weighted by atomic mass is 127. The van der Waals surface area contributed by atoms with E-state index in [4.69, 9.17) is 4.74 Å². The zero-order chi connectivity index (χ0) is 9.72. The van der Waals surface area contributed by atoms with Gasteiger partial charge in [-0.1, -0.05) is 45.2 Å².